The number of carbonyl (C=O) groups is 1. The maximum atomic E-state index is 12.0. The fraction of sp³-hybridized carbons (Fsp3) is 0.278. The lowest BCUT2D eigenvalue weighted by Crippen LogP contribution is -2.28. The van der Waals surface area contributed by atoms with E-state index in [0.717, 1.165) is 16.7 Å². The van der Waals surface area contributed by atoms with Gasteiger partial charge in [0.25, 0.3) is 0 Å². The lowest BCUT2D eigenvalue weighted by atomic mass is 10.1. The summed E-state index contributed by atoms with van der Waals surface area (Å²) in [5.74, 6) is -0.0963. The molecule has 0 aliphatic heterocycles. The van der Waals surface area contributed by atoms with Gasteiger partial charge in [-0.15, -0.1) is 0 Å². The molecule has 0 bridgehead atoms. The lowest BCUT2D eigenvalue weighted by Gasteiger charge is -2.12. The normalized spacial score (nSPS) is 10.5. The lowest BCUT2D eigenvalue weighted by molar-refractivity contribution is -0.115. The summed E-state index contributed by atoms with van der Waals surface area (Å²) in [5.41, 5.74) is 5.12. The molecule has 2 aromatic carbocycles. The molecule has 3 nitrogen and oxygen atoms in total. The number of nitrogens with one attached hydrogen (secondary N) is 2. The second-order valence-electron chi connectivity index (χ2n) is 5.58. The number of carbonyl (C=O) groups excluding carboxylic acids is 1. The number of benzene rings is 2. The number of hydrogen-bond donors (Lipinski definition) is 2. The van der Waals surface area contributed by atoms with Crippen molar-refractivity contribution in [3.8, 4) is 0 Å². The van der Waals surface area contributed by atoms with Crippen LogP contribution in [0.4, 0.5) is 5.69 Å². The molecule has 0 saturated heterocycles. The van der Waals surface area contributed by atoms with Gasteiger partial charge in [0.15, 0.2) is 0 Å². The number of hydrogen-bond acceptors (Lipinski definition) is 2. The number of rotatable bonds is 5. The van der Waals surface area contributed by atoms with Crippen LogP contribution in [0.15, 0.2) is 36.4 Å². The third kappa shape index (κ3) is 4.58. The smallest absolute Gasteiger partial charge is 0.238 e. The van der Waals surface area contributed by atoms with Crippen LogP contribution >= 0.6 is 11.6 Å². The van der Waals surface area contributed by atoms with E-state index in [0.29, 0.717) is 17.3 Å². The third-order valence-corrected chi connectivity index (χ3v) is 3.73. The molecule has 0 spiro atoms. The molecular formula is C18H21ClN2O. The Balaban J connectivity index is 1.87. The number of halogens is 1. The molecule has 0 atom stereocenters. The Morgan fingerprint density at radius 2 is 1.73 bits per heavy atom. The van der Waals surface area contributed by atoms with Crippen molar-refractivity contribution < 1.29 is 4.79 Å². The van der Waals surface area contributed by atoms with Gasteiger partial charge in [-0.25, -0.2) is 0 Å². The topological polar surface area (TPSA) is 41.1 Å². The average molecular weight is 317 g/mol. The molecule has 0 aromatic heterocycles. The van der Waals surface area contributed by atoms with Crippen molar-refractivity contribution in [2.75, 3.05) is 11.9 Å². The summed E-state index contributed by atoms with van der Waals surface area (Å²) >= 11 is 6.19. The standard InChI is InChI=1S/C18H21ClN2O/c1-12-4-6-15(7-5-12)10-20-11-17(22)21-18-14(3)8-13(2)9-16(18)19/h4-9,20H,10-11H2,1-3H3,(H,21,22). The second kappa shape index (κ2) is 7.43. The second-order valence-corrected chi connectivity index (χ2v) is 5.98. The van der Waals surface area contributed by atoms with Gasteiger partial charge in [-0.1, -0.05) is 47.5 Å². The molecule has 2 rings (SSSR count). The van der Waals surface area contributed by atoms with Crippen molar-refractivity contribution >= 4 is 23.2 Å². The summed E-state index contributed by atoms with van der Waals surface area (Å²) in [6.45, 7) is 6.88. The maximum Gasteiger partial charge on any atom is 0.238 e. The van der Waals surface area contributed by atoms with E-state index in [9.17, 15) is 4.79 Å². The summed E-state index contributed by atoms with van der Waals surface area (Å²) in [4.78, 5) is 12.0. The van der Waals surface area contributed by atoms with E-state index in [1.807, 2.05) is 26.0 Å². The van der Waals surface area contributed by atoms with E-state index >= 15 is 0 Å². The van der Waals surface area contributed by atoms with E-state index in [2.05, 4.69) is 41.8 Å². The fourth-order valence-corrected chi connectivity index (χ4v) is 2.65. The van der Waals surface area contributed by atoms with Gasteiger partial charge < -0.3 is 10.6 Å². The third-order valence-electron chi connectivity index (χ3n) is 3.43. The van der Waals surface area contributed by atoms with Gasteiger partial charge in [-0.2, -0.15) is 0 Å². The largest absolute Gasteiger partial charge is 0.323 e. The molecule has 0 heterocycles. The first-order valence-corrected chi connectivity index (χ1v) is 7.66. The van der Waals surface area contributed by atoms with E-state index in [4.69, 9.17) is 11.6 Å². The Kier molecular flexibility index (Phi) is 5.58. The van der Waals surface area contributed by atoms with Crippen molar-refractivity contribution in [1.82, 2.24) is 5.32 Å². The van der Waals surface area contributed by atoms with Crippen LogP contribution in [0.25, 0.3) is 0 Å². The van der Waals surface area contributed by atoms with E-state index in [-0.39, 0.29) is 12.5 Å². The zero-order valence-electron chi connectivity index (χ0n) is 13.2. The van der Waals surface area contributed by atoms with Crippen LogP contribution in [-0.2, 0) is 11.3 Å². The first-order chi connectivity index (χ1) is 10.5. The molecular weight excluding hydrogens is 296 g/mol. The van der Waals surface area contributed by atoms with Crippen LogP contribution < -0.4 is 10.6 Å². The highest BCUT2D eigenvalue weighted by Gasteiger charge is 2.09. The zero-order chi connectivity index (χ0) is 16.1. The number of aryl methyl sites for hydroxylation is 3. The molecule has 116 valence electrons. The molecule has 2 aromatic rings. The van der Waals surface area contributed by atoms with Crippen LogP contribution in [0.2, 0.25) is 5.02 Å². The minimum Gasteiger partial charge on any atom is -0.323 e. The van der Waals surface area contributed by atoms with Crippen LogP contribution in [0.1, 0.15) is 22.3 Å². The van der Waals surface area contributed by atoms with Crippen molar-refractivity contribution in [1.29, 1.82) is 0 Å². The SMILES string of the molecule is Cc1ccc(CNCC(=O)Nc2c(C)cc(C)cc2Cl)cc1. The predicted octanol–water partition coefficient (Wildman–Crippen LogP) is 3.99. The van der Waals surface area contributed by atoms with E-state index in [1.165, 1.54) is 5.56 Å². The van der Waals surface area contributed by atoms with Crippen LogP contribution in [0, 0.1) is 20.8 Å². The Hall–Kier alpha value is -1.84. The summed E-state index contributed by atoms with van der Waals surface area (Å²) in [6.07, 6.45) is 0. The molecule has 1 amide bonds. The zero-order valence-corrected chi connectivity index (χ0v) is 13.9. The van der Waals surface area contributed by atoms with Crippen molar-refractivity contribution in [2.45, 2.75) is 27.3 Å². The minimum absolute atomic E-state index is 0.0963. The van der Waals surface area contributed by atoms with Gasteiger partial charge in [-0.05, 0) is 43.5 Å². The van der Waals surface area contributed by atoms with Gasteiger partial charge in [0.05, 0.1) is 17.3 Å². The molecule has 0 aliphatic rings. The Morgan fingerprint density at radius 1 is 1.05 bits per heavy atom. The van der Waals surface area contributed by atoms with Gasteiger partial charge in [0, 0.05) is 6.54 Å². The quantitative estimate of drug-likeness (QED) is 0.875. The monoisotopic (exact) mass is 316 g/mol. The molecule has 0 fully saturated rings. The summed E-state index contributed by atoms with van der Waals surface area (Å²) in [5, 5.41) is 6.58. The number of anilines is 1. The first kappa shape index (κ1) is 16.5. The first-order valence-electron chi connectivity index (χ1n) is 7.28. The summed E-state index contributed by atoms with van der Waals surface area (Å²) in [6, 6.07) is 12.1. The molecule has 0 unspecified atom stereocenters. The van der Waals surface area contributed by atoms with E-state index in [1.54, 1.807) is 0 Å². The molecule has 0 aliphatic carbocycles. The average Bonchev–Trinajstić information content (AvgIpc) is 2.45. The number of amides is 1. The van der Waals surface area contributed by atoms with Crippen molar-refractivity contribution in [2.24, 2.45) is 0 Å². The van der Waals surface area contributed by atoms with E-state index < -0.39 is 0 Å². The van der Waals surface area contributed by atoms with Gasteiger partial charge in [-0.3, -0.25) is 4.79 Å². The minimum atomic E-state index is -0.0963. The maximum absolute atomic E-state index is 12.0. The highest BCUT2D eigenvalue weighted by Crippen LogP contribution is 2.27. The summed E-state index contributed by atoms with van der Waals surface area (Å²) in [7, 11) is 0. The van der Waals surface area contributed by atoms with Crippen molar-refractivity contribution in [3.63, 3.8) is 0 Å². The van der Waals surface area contributed by atoms with Crippen LogP contribution in [0.5, 0.6) is 0 Å². The Bertz CT molecular complexity index is 642. The van der Waals surface area contributed by atoms with Gasteiger partial charge in [0.2, 0.25) is 5.91 Å². The van der Waals surface area contributed by atoms with Gasteiger partial charge >= 0.3 is 0 Å². The van der Waals surface area contributed by atoms with Crippen molar-refractivity contribution in [3.05, 3.63) is 63.7 Å². The highest BCUT2D eigenvalue weighted by molar-refractivity contribution is 6.34. The fourth-order valence-electron chi connectivity index (χ4n) is 2.28. The van der Waals surface area contributed by atoms with Crippen LogP contribution in [0.3, 0.4) is 0 Å². The van der Waals surface area contributed by atoms with Crippen LogP contribution in [-0.4, -0.2) is 12.5 Å². The molecule has 0 saturated carbocycles. The molecule has 4 heteroatoms. The molecule has 22 heavy (non-hydrogen) atoms. The highest BCUT2D eigenvalue weighted by atomic mass is 35.5. The molecule has 0 radical (unpaired) electrons. The molecule has 2 N–H and O–H groups in total. The van der Waals surface area contributed by atoms with Gasteiger partial charge in [0.1, 0.15) is 0 Å². The Morgan fingerprint density at radius 3 is 2.36 bits per heavy atom. The predicted molar refractivity (Wildman–Crippen MR) is 92.4 cm³/mol. The Labute approximate surface area is 136 Å². The summed E-state index contributed by atoms with van der Waals surface area (Å²) < 4.78 is 0.